The first-order valence-corrected chi connectivity index (χ1v) is 3.84. The van der Waals surface area contributed by atoms with Crippen molar-refractivity contribution in [2.45, 2.75) is 13.3 Å². The van der Waals surface area contributed by atoms with E-state index in [1.165, 1.54) is 0 Å². The molecule has 7 heteroatoms. The molecule has 0 aliphatic carbocycles. The van der Waals surface area contributed by atoms with Gasteiger partial charge < -0.3 is 22.2 Å². The Kier molecular flexibility index (Phi) is 4.22. The first-order valence-electron chi connectivity index (χ1n) is 3.84. The van der Waals surface area contributed by atoms with Crippen LogP contribution in [0.15, 0.2) is 0 Å². The summed E-state index contributed by atoms with van der Waals surface area (Å²) in [6, 6.07) is 0. The van der Waals surface area contributed by atoms with Crippen LogP contribution in [0.25, 0.3) is 0 Å². The van der Waals surface area contributed by atoms with E-state index < -0.39 is 7.25 Å². The molecule has 1 amide bonds. The summed E-state index contributed by atoms with van der Waals surface area (Å²) in [4.78, 5) is 12.6. The molecule has 0 bridgehead atoms. The van der Waals surface area contributed by atoms with Gasteiger partial charge in [0.2, 0.25) is 5.91 Å². The van der Waals surface area contributed by atoms with Crippen LogP contribution in [0.3, 0.4) is 0 Å². The molecule has 1 fully saturated rings. The maximum absolute atomic E-state index is 10.8. The molecular weight excluding hydrogens is 189 g/mol. The molecule has 1 unspecified atom stereocenters. The van der Waals surface area contributed by atoms with Gasteiger partial charge in [-0.15, -0.1) is 0 Å². The van der Waals surface area contributed by atoms with E-state index in [0.29, 0.717) is 5.91 Å². The molecule has 78 valence electrons. The topological polar surface area (TPSA) is 20.3 Å². The van der Waals surface area contributed by atoms with E-state index in [4.69, 9.17) is 0 Å². The Morgan fingerprint density at radius 2 is 1.77 bits per heavy atom. The number of likely N-dealkylation sites (tertiary alicyclic amines) is 1. The largest absolute Gasteiger partial charge is 0.673 e. The van der Waals surface area contributed by atoms with E-state index in [1.807, 2.05) is 14.0 Å². The van der Waals surface area contributed by atoms with Crippen molar-refractivity contribution in [2.24, 2.45) is 5.92 Å². The molecular formula is C6H11BF4NO-. The third kappa shape index (κ3) is 6.42. The standard InChI is InChI=1S/C6H11NO.BF4/c1-5-3-4-7(2)6(5)8;2-1(3,4)5/h5H,3-4H2,1-2H3;/q;-1. The molecule has 0 aromatic rings. The summed E-state index contributed by atoms with van der Waals surface area (Å²) in [6.45, 7) is 2.92. The van der Waals surface area contributed by atoms with Gasteiger partial charge in [-0.25, -0.2) is 0 Å². The third-order valence-electron chi connectivity index (χ3n) is 1.70. The number of halogens is 4. The van der Waals surface area contributed by atoms with Gasteiger partial charge in [-0.1, -0.05) is 6.92 Å². The molecule has 13 heavy (non-hydrogen) atoms. The molecule has 1 aliphatic rings. The highest BCUT2D eigenvalue weighted by molar-refractivity contribution is 6.50. The highest BCUT2D eigenvalue weighted by Crippen LogP contribution is 2.13. The van der Waals surface area contributed by atoms with Crippen LogP contribution in [0, 0.1) is 5.92 Å². The zero-order chi connectivity index (χ0) is 10.6. The molecule has 2 nitrogen and oxygen atoms in total. The van der Waals surface area contributed by atoms with E-state index in [0.717, 1.165) is 13.0 Å². The smallest absolute Gasteiger partial charge is 0.418 e. The summed E-state index contributed by atoms with van der Waals surface area (Å²) in [7, 11) is -4.15. The van der Waals surface area contributed by atoms with E-state index in [9.17, 15) is 22.1 Å². The second-order valence-corrected chi connectivity index (χ2v) is 2.94. The molecule has 1 atom stereocenters. The molecule has 1 saturated heterocycles. The lowest BCUT2D eigenvalue weighted by molar-refractivity contribution is -0.129. The Labute approximate surface area is 74.0 Å². The average molecular weight is 200 g/mol. The number of rotatable bonds is 0. The first kappa shape index (κ1) is 12.3. The monoisotopic (exact) mass is 200 g/mol. The Morgan fingerprint density at radius 1 is 1.38 bits per heavy atom. The number of hydrogen-bond donors (Lipinski definition) is 0. The van der Waals surface area contributed by atoms with Gasteiger partial charge in [0, 0.05) is 19.5 Å². The van der Waals surface area contributed by atoms with Crippen molar-refractivity contribution in [1.82, 2.24) is 4.90 Å². The summed E-state index contributed by atoms with van der Waals surface area (Å²) in [5, 5.41) is 0. The number of amides is 1. The average Bonchev–Trinajstić information content (AvgIpc) is 2.16. The van der Waals surface area contributed by atoms with Crippen molar-refractivity contribution in [3.05, 3.63) is 0 Å². The maximum Gasteiger partial charge on any atom is 0.673 e. The highest BCUT2D eigenvalue weighted by Gasteiger charge is 2.23. The van der Waals surface area contributed by atoms with Crippen LogP contribution >= 0.6 is 0 Å². The van der Waals surface area contributed by atoms with Crippen molar-refractivity contribution in [3.63, 3.8) is 0 Å². The normalized spacial score (nSPS) is 22.8. The summed E-state index contributed by atoms with van der Waals surface area (Å²) >= 11 is 0. The lowest BCUT2D eigenvalue weighted by Crippen LogP contribution is -2.21. The van der Waals surface area contributed by atoms with Crippen molar-refractivity contribution in [2.75, 3.05) is 13.6 Å². The van der Waals surface area contributed by atoms with Crippen molar-refractivity contribution in [3.8, 4) is 0 Å². The van der Waals surface area contributed by atoms with Crippen LogP contribution in [0.2, 0.25) is 0 Å². The first-order chi connectivity index (χ1) is 5.72. The fourth-order valence-corrected chi connectivity index (χ4v) is 0.997. The summed E-state index contributed by atoms with van der Waals surface area (Å²) < 4.78 is 39.0. The molecule has 0 radical (unpaired) electrons. The van der Waals surface area contributed by atoms with Crippen LogP contribution in [0.5, 0.6) is 0 Å². The van der Waals surface area contributed by atoms with E-state index in [1.54, 1.807) is 4.90 Å². The van der Waals surface area contributed by atoms with E-state index in [-0.39, 0.29) is 5.92 Å². The predicted molar refractivity (Wildman–Crippen MR) is 41.6 cm³/mol. The Morgan fingerprint density at radius 3 is 1.85 bits per heavy atom. The maximum atomic E-state index is 10.8. The van der Waals surface area contributed by atoms with Crippen LogP contribution in [0.4, 0.5) is 17.3 Å². The van der Waals surface area contributed by atoms with Gasteiger partial charge in [0.25, 0.3) is 0 Å². The molecule has 1 heterocycles. The number of carbonyl (C=O) groups is 1. The van der Waals surface area contributed by atoms with Gasteiger partial charge in [-0.3, -0.25) is 4.79 Å². The molecule has 0 saturated carbocycles. The van der Waals surface area contributed by atoms with Gasteiger partial charge in [-0.2, -0.15) is 0 Å². The van der Waals surface area contributed by atoms with E-state index in [2.05, 4.69) is 0 Å². The van der Waals surface area contributed by atoms with Crippen LogP contribution in [-0.2, 0) is 4.79 Å². The Bertz CT molecular complexity index is 166. The lowest BCUT2D eigenvalue weighted by atomic mass is 10.1. The van der Waals surface area contributed by atoms with Gasteiger partial charge in [0.05, 0.1) is 0 Å². The Balaban J connectivity index is 0.000000252. The lowest BCUT2D eigenvalue weighted by Gasteiger charge is -2.05. The summed E-state index contributed by atoms with van der Waals surface area (Å²) in [5.74, 6) is 0.574. The SMILES string of the molecule is CC1CCN(C)C1=O.F[B-](F)(F)F. The number of hydrogen-bond acceptors (Lipinski definition) is 1. The zero-order valence-electron chi connectivity index (χ0n) is 7.44. The minimum atomic E-state index is -6.00. The molecule has 0 aromatic heterocycles. The molecule has 0 N–H and O–H groups in total. The molecule has 0 aromatic carbocycles. The number of nitrogens with zero attached hydrogens (tertiary/aromatic N) is 1. The minimum absolute atomic E-state index is 0.278. The van der Waals surface area contributed by atoms with Gasteiger partial charge >= 0.3 is 7.25 Å². The third-order valence-corrected chi connectivity index (χ3v) is 1.70. The number of carbonyl (C=O) groups excluding carboxylic acids is 1. The van der Waals surface area contributed by atoms with Crippen LogP contribution in [0.1, 0.15) is 13.3 Å². The molecule has 1 rings (SSSR count). The van der Waals surface area contributed by atoms with Crippen molar-refractivity contribution >= 4 is 13.2 Å². The van der Waals surface area contributed by atoms with Gasteiger partial charge in [-0.05, 0) is 6.42 Å². The second-order valence-electron chi connectivity index (χ2n) is 2.94. The minimum Gasteiger partial charge on any atom is -0.418 e. The van der Waals surface area contributed by atoms with E-state index >= 15 is 0 Å². The second kappa shape index (κ2) is 4.48. The predicted octanol–water partition coefficient (Wildman–Crippen LogP) is 1.78. The fraction of sp³-hybridized carbons (Fsp3) is 0.833. The van der Waals surface area contributed by atoms with Gasteiger partial charge in [0.15, 0.2) is 0 Å². The highest BCUT2D eigenvalue weighted by atomic mass is 19.5. The van der Waals surface area contributed by atoms with Gasteiger partial charge in [0.1, 0.15) is 0 Å². The van der Waals surface area contributed by atoms with Crippen LogP contribution < -0.4 is 0 Å². The van der Waals surface area contributed by atoms with Crippen LogP contribution in [-0.4, -0.2) is 31.7 Å². The quantitative estimate of drug-likeness (QED) is 0.431. The van der Waals surface area contributed by atoms with Crippen molar-refractivity contribution in [1.29, 1.82) is 0 Å². The fourth-order valence-electron chi connectivity index (χ4n) is 0.997. The zero-order valence-corrected chi connectivity index (χ0v) is 7.44. The summed E-state index contributed by atoms with van der Waals surface area (Å²) in [6.07, 6.45) is 1.04. The van der Waals surface area contributed by atoms with Crippen molar-refractivity contribution < 1.29 is 22.1 Å². The molecule has 1 aliphatic heterocycles. The molecule has 0 spiro atoms. The Hall–Kier alpha value is -0.745. The summed E-state index contributed by atoms with van der Waals surface area (Å²) in [5.41, 5.74) is 0.